The molecule has 2 aromatic heterocycles. The first-order valence-electron chi connectivity index (χ1n) is 15.9. The number of benzene rings is 2. The molecule has 4 aromatic rings. The Balaban J connectivity index is 1.27. The van der Waals surface area contributed by atoms with E-state index in [1.54, 1.807) is 53.7 Å². The van der Waals surface area contributed by atoms with Crippen molar-refractivity contribution < 1.29 is 32.7 Å². The summed E-state index contributed by atoms with van der Waals surface area (Å²) in [5.41, 5.74) is 0.0771. The molecule has 1 atom stereocenters. The molecule has 4 amide bonds. The first kappa shape index (κ1) is 33.4. The molecule has 0 radical (unpaired) electrons. The zero-order valence-electron chi connectivity index (χ0n) is 26.4. The topological polar surface area (TPSA) is 140 Å². The summed E-state index contributed by atoms with van der Waals surface area (Å²) >= 11 is 0. The van der Waals surface area contributed by atoms with Crippen molar-refractivity contribution in [3.8, 4) is 0 Å². The number of fused-ring (bicyclic) bond motifs is 2. The fourth-order valence-corrected chi connectivity index (χ4v) is 6.39. The Morgan fingerprint density at radius 1 is 0.918 bits per heavy atom. The highest BCUT2D eigenvalue weighted by molar-refractivity contribution is 6.09. The van der Waals surface area contributed by atoms with E-state index in [9.17, 15) is 14.4 Å². The van der Waals surface area contributed by atoms with E-state index < -0.39 is 30.0 Å². The molecule has 2 aromatic carbocycles. The van der Waals surface area contributed by atoms with Crippen LogP contribution in [-0.4, -0.2) is 68.0 Å². The number of nitrogens with zero attached hydrogens (tertiary/aromatic N) is 5. The number of aromatic nitrogens is 2. The van der Waals surface area contributed by atoms with Gasteiger partial charge in [0.25, 0.3) is 5.91 Å². The lowest BCUT2D eigenvalue weighted by molar-refractivity contribution is -0.201. The predicted octanol–water partition coefficient (Wildman–Crippen LogP) is 6.44. The zero-order chi connectivity index (χ0) is 34.6. The van der Waals surface area contributed by atoms with Crippen molar-refractivity contribution >= 4 is 40.3 Å². The minimum absolute atomic E-state index is 0.0581. The molecule has 0 saturated carbocycles. The fourth-order valence-electron chi connectivity index (χ4n) is 6.39. The van der Waals surface area contributed by atoms with Gasteiger partial charge in [0.15, 0.2) is 5.41 Å². The SMILES string of the molecule is O=C(O)NCCCCCCN1N=C(c2ccc(NC(=O)N3Cc4ccncc4C3)cc2)CC(c2cccc3ncccc23)(C(F)(F)F)C1=O. The van der Waals surface area contributed by atoms with Crippen molar-refractivity contribution in [1.29, 1.82) is 0 Å². The Kier molecular flexibility index (Phi) is 9.47. The molecule has 0 fully saturated rings. The Bertz CT molecular complexity index is 1870. The highest BCUT2D eigenvalue weighted by Crippen LogP contribution is 2.50. The molecule has 1 unspecified atom stereocenters. The molecule has 0 spiro atoms. The summed E-state index contributed by atoms with van der Waals surface area (Å²) in [4.78, 5) is 47.7. The van der Waals surface area contributed by atoms with Gasteiger partial charge < -0.3 is 20.6 Å². The maximum atomic E-state index is 15.5. The minimum Gasteiger partial charge on any atom is -0.465 e. The standard InChI is InChI=1S/C35H34F3N7O4/c36-35(37,38)34(28-8-5-9-29-27(28)7-6-16-40-29)19-30(43-45(31(34)46)18-4-2-1-3-15-41-33(48)49)23-10-12-26(13-11-23)42-32(47)44-21-24-14-17-39-20-25(24)22-44/h5-14,16-17,20,41H,1-4,15,18-19,21-22H2,(H,42,47)(H,48,49). The van der Waals surface area contributed by atoms with Crippen molar-refractivity contribution in [2.75, 3.05) is 18.4 Å². The lowest BCUT2D eigenvalue weighted by Gasteiger charge is -2.41. The summed E-state index contributed by atoms with van der Waals surface area (Å²) in [6.07, 6.45) is 0.128. The summed E-state index contributed by atoms with van der Waals surface area (Å²) in [6, 6.07) is 15.4. The normalized spacial score (nSPS) is 17.5. The first-order chi connectivity index (χ1) is 23.6. The van der Waals surface area contributed by atoms with Crippen molar-refractivity contribution in [3.05, 3.63) is 102 Å². The molecular weight excluding hydrogens is 639 g/mol. The van der Waals surface area contributed by atoms with Crippen molar-refractivity contribution in [2.24, 2.45) is 5.10 Å². The number of carbonyl (C=O) groups excluding carboxylic acids is 2. The summed E-state index contributed by atoms with van der Waals surface area (Å²) in [6.45, 7) is 1.05. The second-order valence-electron chi connectivity index (χ2n) is 12.1. The van der Waals surface area contributed by atoms with Gasteiger partial charge >= 0.3 is 18.3 Å². The van der Waals surface area contributed by atoms with Gasteiger partial charge in [0, 0.05) is 62.3 Å². The second-order valence-corrected chi connectivity index (χ2v) is 12.1. The monoisotopic (exact) mass is 673 g/mol. The van der Waals surface area contributed by atoms with Gasteiger partial charge in [-0.2, -0.15) is 18.3 Å². The van der Waals surface area contributed by atoms with Gasteiger partial charge in [-0.1, -0.05) is 43.2 Å². The average Bonchev–Trinajstić information content (AvgIpc) is 3.53. The quantitative estimate of drug-likeness (QED) is 0.166. The number of hydrazone groups is 1. The lowest BCUT2D eigenvalue weighted by Crippen LogP contribution is -2.58. The number of hydrogen-bond donors (Lipinski definition) is 3. The number of alkyl halides is 3. The van der Waals surface area contributed by atoms with Crippen molar-refractivity contribution in [3.63, 3.8) is 0 Å². The highest BCUT2D eigenvalue weighted by atomic mass is 19.4. The molecule has 254 valence electrons. The number of unbranched alkanes of at least 4 members (excludes halogenated alkanes) is 3. The van der Waals surface area contributed by atoms with Gasteiger partial charge in [0.05, 0.1) is 11.2 Å². The van der Waals surface area contributed by atoms with Gasteiger partial charge in [0.1, 0.15) is 0 Å². The van der Waals surface area contributed by atoms with Gasteiger partial charge in [-0.15, -0.1) is 0 Å². The lowest BCUT2D eigenvalue weighted by atomic mass is 9.71. The van der Waals surface area contributed by atoms with Gasteiger partial charge in [-0.3, -0.25) is 14.8 Å². The Hall–Kier alpha value is -5.53. The smallest absolute Gasteiger partial charge is 0.407 e. The largest absolute Gasteiger partial charge is 0.465 e. The number of pyridine rings is 2. The predicted molar refractivity (Wildman–Crippen MR) is 176 cm³/mol. The summed E-state index contributed by atoms with van der Waals surface area (Å²) in [7, 11) is 0. The minimum atomic E-state index is -4.99. The number of rotatable bonds is 10. The van der Waals surface area contributed by atoms with Crippen LogP contribution in [0.5, 0.6) is 0 Å². The fraction of sp³-hybridized carbons (Fsp3) is 0.314. The molecule has 11 nitrogen and oxygen atoms in total. The van der Waals surface area contributed by atoms with E-state index in [1.807, 2.05) is 6.07 Å². The third-order valence-electron chi connectivity index (χ3n) is 8.92. The molecule has 6 rings (SSSR count). The van der Waals surface area contributed by atoms with Crippen LogP contribution in [0.3, 0.4) is 0 Å². The zero-order valence-corrected chi connectivity index (χ0v) is 26.4. The van der Waals surface area contributed by atoms with Crippen LogP contribution in [0.25, 0.3) is 10.9 Å². The van der Waals surface area contributed by atoms with E-state index in [4.69, 9.17) is 5.11 Å². The van der Waals surface area contributed by atoms with Crippen LogP contribution >= 0.6 is 0 Å². The molecule has 14 heteroatoms. The maximum absolute atomic E-state index is 15.5. The van der Waals surface area contributed by atoms with E-state index in [2.05, 4.69) is 25.7 Å². The van der Waals surface area contributed by atoms with Crippen LogP contribution < -0.4 is 10.6 Å². The van der Waals surface area contributed by atoms with Gasteiger partial charge in [-0.25, -0.2) is 14.6 Å². The number of amides is 4. The van der Waals surface area contributed by atoms with Crippen molar-refractivity contribution in [2.45, 2.75) is 56.8 Å². The van der Waals surface area contributed by atoms with E-state index >= 15 is 13.2 Å². The number of carboxylic acid groups (broad SMARTS) is 1. The third-order valence-corrected chi connectivity index (χ3v) is 8.92. The second kappa shape index (κ2) is 13.9. The van der Waals surface area contributed by atoms with Crippen LogP contribution in [0.2, 0.25) is 0 Å². The summed E-state index contributed by atoms with van der Waals surface area (Å²) < 4.78 is 46.6. The molecule has 49 heavy (non-hydrogen) atoms. The van der Waals surface area contributed by atoms with Crippen molar-refractivity contribution in [1.82, 2.24) is 25.2 Å². The van der Waals surface area contributed by atoms with E-state index in [0.717, 1.165) is 16.1 Å². The Morgan fingerprint density at radius 2 is 1.69 bits per heavy atom. The number of urea groups is 1. The summed E-state index contributed by atoms with van der Waals surface area (Å²) in [5.74, 6) is -1.17. The van der Waals surface area contributed by atoms with Crippen LogP contribution in [0.4, 0.5) is 28.4 Å². The molecule has 0 bridgehead atoms. The van der Waals surface area contributed by atoms with E-state index in [-0.39, 0.29) is 35.8 Å². The number of carbonyl (C=O) groups is 3. The molecule has 3 N–H and O–H groups in total. The van der Waals surface area contributed by atoms with E-state index in [1.165, 1.54) is 24.4 Å². The van der Waals surface area contributed by atoms with Gasteiger partial charge in [-0.05, 0) is 65.4 Å². The van der Waals surface area contributed by atoms with Crippen LogP contribution in [0.1, 0.15) is 54.4 Å². The molecule has 2 aliphatic heterocycles. The summed E-state index contributed by atoms with van der Waals surface area (Å²) in [5, 5.41) is 19.5. The number of hydrogen-bond acceptors (Lipinski definition) is 6. The number of halogens is 3. The van der Waals surface area contributed by atoms with Crippen LogP contribution in [-0.2, 0) is 23.3 Å². The van der Waals surface area contributed by atoms with Gasteiger partial charge in [0.2, 0.25) is 0 Å². The molecule has 4 heterocycles. The molecular formula is C35H34F3N7O4. The van der Waals surface area contributed by atoms with Crippen LogP contribution in [0, 0.1) is 0 Å². The number of anilines is 1. The van der Waals surface area contributed by atoms with Crippen LogP contribution in [0.15, 0.2) is 84.4 Å². The Morgan fingerprint density at radius 3 is 2.45 bits per heavy atom. The third kappa shape index (κ3) is 6.89. The number of nitrogens with one attached hydrogen (secondary N) is 2. The molecule has 2 aliphatic rings. The van der Waals surface area contributed by atoms with E-state index in [0.29, 0.717) is 55.5 Å². The average molecular weight is 674 g/mol. The molecule has 0 aliphatic carbocycles. The Labute approximate surface area is 279 Å². The maximum Gasteiger partial charge on any atom is 0.407 e. The first-order valence-corrected chi connectivity index (χ1v) is 15.9. The molecule has 0 saturated heterocycles. The highest BCUT2D eigenvalue weighted by Gasteiger charge is 2.65.